The smallest absolute Gasteiger partial charge is 0.374 e. The van der Waals surface area contributed by atoms with Gasteiger partial charge in [-0.2, -0.15) is 13.2 Å². The van der Waals surface area contributed by atoms with Crippen molar-refractivity contribution >= 4 is 17.7 Å². The Kier molecular flexibility index (Phi) is 7.01. The summed E-state index contributed by atoms with van der Waals surface area (Å²) in [5.74, 6) is -3.23. The molecule has 0 saturated carbocycles. The zero-order valence-corrected chi connectivity index (χ0v) is 18.8. The van der Waals surface area contributed by atoms with Crippen LogP contribution in [0, 0.1) is 17.8 Å². The van der Waals surface area contributed by atoms with Gasteiger partial charge < -0.3 is 15.0 Å². The van der Waals surface area contributed by atoms with Crippen LogP contribution in [0.1, 0.15) is 45.4 Å². The maximum atomic E-state index is 13.7. The van der Waals surface area contributed by atoms with Crippen LogP contribution in [0.15, 0.2) is 24.5 Å². The Morgan fingerprint density at radius 1 is 1.21 bits per heavy atom. The number of carbonyl (C=O) groups is 3. The second-order valence-electron chi connectivity index (χ2n) is 9.11. The van der Waals surface area contributed by atoms with E-state index in [2.05, 4.69) is 10.3 Å². The lowest BCUT2D eigenvalue weighted by Gasteiger charge is -2.31. The highest BCUT2D eigenvalue weighted by atomic mass is 19.4. The maximum absolute atomic E-state index is 13.7. The first-order valence-electron chi connectivity index (χ1n) is 10.9. The fraction of sp³-hybridized carbons (Fsp3) is 0.636. The second kappa shape index (κ2) is 9.28. The minimum Gasteiger partial charge on any atom is -0.374 e. The van der Waals surface area contributed by atoms with Crippen molar-refractivity contribution in [3.63, 3.8) is 0 Å². The number of hydrogen-bond donors (Lipinski definition) is 2. The molecule has 0 radical (unpaired) electrons. The summed E-state index contributed by atoms with van der Waals surface area (Å²) in [5.41, 5.74) is -3.27. The van der Waals surface area contributed by atoms with Crippen molar-refractivity contribution < 1.29 is 32.7 Å². The van der Waals surface area contributed by atoms with Crippen LogP contribution in [0.2, 0.25) is 0 Å². The van der Waals surface area contributed by atoms with Gasteiger partial charge in [-0.1, -0.05) is 26.0 Å². The molecule has 0 aromatic carbocycles. The molecule has 1 fully saturated rings. The topological polar surface area (TPSA) is 105 Å². The van der Waals surface area contributed by atoms with Crippen LogP contribution in [0.3, 0.4) is 0 Å². The number of nitrogens with one attached hydrogen (secondary N) is 1. The van der Waals surface area contributed by atoms with Gasteiger partial charge in [-0.15, -0.1) is 0 Å². The number of likely N-dealkylation sites (tertiary alicyclic amines) is 1. The Hall–Kier alpha value is -2.69. The van der Waals surface area contributed by atoms with Gasteiger partial charge in [0.2, 0.25) is 23.3 Å². The lowest BCUT2D eigenvalue weighted by molar-refractivity contribution is -0.272. The van der Waals surface area contributed by atoms with Crippen LogP contribution in [0.25, 0.3) is 0 Å². The third-order valence-corrected chi connectivity index (χ3v) is 6.30. The zero-order valence-electron chi connectivity index (χ0n) is 18.8. The van der Waals surface area contributed by atoms with Crippen LogP contribution in [-0.4, -0.2) is 56.0 Å². The highest BCUT2D eigenvalue weighted by Gasteiger charge is 2.57. The molecule has 11 heteroatoms. The van der Waals surface area contributed by atoms with E-state index < -0.39 is 66.2 Å². The summed E-state index contributed by atoms with van der Waals surface area (Å²) in [6.45, 7) is 3.12. The maximum Gasteiger partial charge on any atom is 0.424 e. The number of imide groups is 1. The molecule has 0 spiro atoms. The lowest BCUT2D eigenvalue weighted by Crippen LogP contribution is -2.52. The predicted octanol–water partition coefficient (Wildman–Crippen LogP) is 2.04. The van der Waals surface area contributed by atoms with E-state index in [9.17, 15) is 32.7 Å². The Balaban J connectivity index is 1.75. The van der Waals surface area contributed by atoms with Crippen LogP contribution >= 0.6 is 0 Å². The van der Waals surface area contributed by atoms with E-state index in [1.807, 2.05) is 26.0 Å². The number of allylic oxidation sites excluding steroid dienone is 2. The Labute approximate surface area is 189 Å². The minimum absolute atomic E-state index is 0.0539. The molecule has 3 rings (SSSR count). The number of amides is 3. The van der Waals surface area contributed by atoms with Crippen LogP contribution in [0.4, 0.5) is 13.2 Å². The summed E-state index contributed by atoms with van der Waals surface area (Å²) in [6.07, 6.45) is 1.21. The first kappa shape index (κ1) is 24.9. The zero-order chi connectivity index (χ0) is 24.6. The fourth-order valence-corrected chi connectivity index (χ4v) is 4.54. The summed E-state index contributed by atoms with van der Waals surface area (Å²) < 4.78 is 42.2. The number of imidazole rings is 1. The molecule has 3 amide bonds. The molecular weight excluding hydrogens is 441 g/mol. The quantitative estimate of drug-likeness (QED) is 0.447. The summed E-state index contributed by atoms with van der Waals surface area (Å²) in [5, 5.41) is 12.8. The van der Waals surface area contributed by atoms with E-state index in [1.54, 1.807) is 0 Å². The number of aryl methyl sites for hydroxylation is 1. The van der Waals surface area contributed by atoms with Gasteiger partial charge in [-0.25, -0.2) is 4.98 Å². The van der Waals surface area contributed by atoms with Gasteiger partial charge in [0.1, 0.15) is 11.9 Å². The lowest BCUT2D eigenvalue weighted by atomic mass is 9.85. The number of nitrogens with zero attached hydrogens (tertiary/aromatic N) is 3. The van der Waals surface area contributed by atoms with E-state index in [4.69, 9.17) is 0 Å². The van der Waals surface area contributed by atoms with E-state index in [0.717, 1.165) is 15.7 Å². The molecule has 1 saturated heterocycles. The highest BCUT2D eigenvalue weighted by Crippen LogP contribution is 2.40. The van der Waals surface area contributed by atoms with Crippen molar-refractivity contribution in [2.24, 2.45) is 24.8 Å². The van der Waals surface area contributed by atoms with Gasteiger partial charge >= 0.3 is 6.18 Å². The molecule has 0 bridgehead atoms. The minimum atomic E-state index is -5.03. The molecule has 2 N–H and O–H groups in total. The predicted molar refractivity (Wildman–Crippen MR) is 111 cm³/mol. The van der Waals surface area contributed by atoms with Crippen molar-refractivity contribution in [3.05, 3.63) is 30.4 Å². The third kappa shape index (κ3) is 4.68. The van der Waals surface area contributed by atoms with E-state index in [1.165, 1.54) is 13.2 Å². The molecule has 1 aromatic rings. The first-order chi connectivity index (χ1) is 15.4. The van der Waals surface area contributed by atoms with Crippen molar-refractivity contribution in [2.75, 3.05) is 6.54 Å². The molecule has 182 valence electrons. The second-order valence-corrected chi connectivity index (χ2v) is 9.11. The fourth-order valence-electron chi connectivity index (χ4n) is 4.54. The SMILES string of the molecule is CC(C)CC(C(=O)NCCC(O)(c1nccn1C)C(F)(F)F)N1C(=O)C2CC=CCC2C1=O. The number of fused-ring (bicyclic) bond motifs is 1. The average Bonchev–Trinajstić information content (AvgIpc) is 3.27. The number of alkyl halides is 3. The van der Waals surface area contributed by atoms with Crippen LogP contribution in [-0.2, 0) is 27.0 Å². The van der Waals surface area contributed by atoms with Gasteiger partial charge in [0.05, 0.1) is 11.8 Å². The Morgan fingerprint density at radius 2 is 1.79 bits per heavy atom. The molecular formula is C22H29F3N4O4. The molecule has 1 aliphatic heterocycles. The van der Waals surface area contributed by atoms with Gasteiger partial charge in [0.15, 0.2) is 0 Å². The Morgan fingerprint density at radius 3 is 2.24 bits per heavy atom. The number of hydrogen-bond acceptors (Lipinski definition) is 5. The van der Waals surface area contributed by atoms with Crippen molar-refractivity contribution in [1.29, 1.82) is 0 Å². The molecule has 8 nitrogen and oxygen atoms in total. The number of aromatic nitrogens is 2. The molecule has 33 heavy (non-hydrogen) atoms. The van der Waals surface area contributed by atoms with Crippen LogP contribution < -0.4 is 5.32 Å². The summed E-state index contributed by atoms with van der Waals surface area (Å²) in [7, 11) is 1.33. The van der Waals surface area contributed by atoms with Crippen molar-refractivity contribution in [1.82, 2.24) is 19.8 Å². The summed E-state index contributed by atoms with van der Waals surface area (Å²) in [6, 6.07) is -1.12. The molecule has 1 aliphatic carbocycles. The van der Waals surface area contributed by atoms with Gasteiger partial charge in [-0.3, -0.25) is 19.3 Å². The average molecular weight is 470 g/mol. The molecule has 1 aromatic heterocycles. The molecule has 2 aliphatic rings. The Bertz CT molecular complexity index is 916. The highest BCUT2D eigenvalue weighted by molar-refractivity contribution is 6.08. The number of halogens is 3. The van der Waals surface area contributed by atoms with Crippen molar-refractivity contribution in [2.45, 2.75) is 57.3 Å². The van der Waals surface area contributed by atoms with Crippen molar-refractivity contribution in [3.8, 4) is 0 Å². The molecule has 2 heterocycles. The molecule has 4 atom stereocenters. The van der Waals surface area contributed by atoms with E-state index in [-0.39, 0.29) is 12.3 Å². The largest absolute Gasteiger partial charge is 0.424 e. The van der Waals surface area contributed by atoms with E-state index >= 15 is 0 Å². The van der Waals surface area contributed by atoms with E-state index in [0.29, 0.717) is 12.8 Å². The first-order valence-corrected chi connectivity index (χ1v) is 10.9. The van der Waals surface area contributed by atoms with Gasteiger partial charge in [0, 0.05) is 32.4 Å². The number of aliphatic hydroxyl groups is 1. The third-order valence-electron chi connectivity index (χ3n) is 6.30. The standard InChI is InChI=1S/C22H29F3N4O4/c1-13(2)12-16(29-18(31)14-6-4-5-7-15(14)19(29)32)17(30)26-9-8-21(33,22(23,24)25)20-27-10-11-28(20)3/h4-5,10-11,13-16,33H,6-9,12H2,1-3H3,(H,26,30). The van der Waals surface area contributed by atoms with Gasteiger partial charge in [0.25, 0.3) is 0 Å². The number of carbonyl (C=O) groups excluding carboxylic acids is 3. The summed E-state index contributed by atoms with van der Waals surface area (Å²) in [4.78, 5) is 43.5. The molecule has 4 unspecified atom stereocenters. The summed E-state index contributed by atoms with van der Waals surface area (Å²) >= 11 is 0. The number of rotatable bonds is 8. The normalized spacial score (nSPS) is 23.6. The monoisotopic (exact) mass is 470 g/mol. The van der Waals surface area contributed by atoms with Crippen LogP contribution in [0.5, 0.6) is 0 Å². The van der Waals surface area contributed by atoms with Gasteiger partial charge in [-0.05, 0) is 25.2 Å².